The molecule has 0 bridgehead atoms. The normalized spacial score (nSPS) is 28.0. The molecule has 2 N–H and O–H groups in total. The molecule has 2 aliphatic rings. The fraction of sp³-hybridized carbons (Fsp3) is 0.882. The molecule has 29 heavy (non-hydrogen) atoms. The van der Waals surface area contributed by atoms with Gasteiger partial charge in [0.2, 0.25) is 0 Å². The average Bonchev–Trinajstić information content (AvgIpc) is 3.04. The predicted octanol–water partition coefficient (Wildman–Crippen LogP) is 2.09. The van der Waals surface area contributed by atoms with Gasteiger partial charge in [-0.3, -0.25) is 4.79 Å². The van der Waals surface area contributed by atoms with Crippen LogP contribution in [0.2, 0.25) is 6.32 Å². The molecular weight excluding hydrogens is 415 g/mol. The first-order valence-corrected chi connectivity index (χ1v) is 9.29. The molecule has 2 fully saturated rings. The molecule has 2 aliphatic heterocycles. The molecular formula is C17H29BClF3N2O5. The lowest BCUT2D eigenvalue weighted by molar-refractivity contribution is -0.178. The molecule has 0 aromatic rings. The third kappa shape index (κ3) is 5.37. The van der Waals surface area contributed by atoms with Crippen molar-refractivity contribution in [3.8, 4) is 0 Å². The van der Waals surface area contributed by atoms with E-state index in [1.165, 1.54) is 0 Å². The van der Waals surface area contributed by atoms with Gasteiger partial charge in [-0.25, -0.2) is 4.79 Å². The quantitative estimate of drug-likeness (QED) is 0.482. The van der Waals surface area contributed by atoms with Gasteiger partial charge < -0.3 is 24.7 Å². The highest BCUT2D eigenvalue weighted by Crippen LogP contribution is 2.38. The van der Waals surface area contributed by atoms with Crippen molar-refractivity contribution in [1.29, 1.82) is 0 Å². The maximum atomic E-state index is 12.8. The van der Waals surface area contributed by atoms with E-state index in [4.69, 9.17) is 14.0 Å². The van der Waals surface area contributed by atoms with E-state index in [-0.39, 0.29) is 25.5 Å². The Morgan fingerprint density at radius 1 is 1.21 bits per heavy atom. The fourth-order valence-corrected chi connectivity index (χ4v) is 3.62. The van der Waals surface area contributed by atoms with E-state index in [1.807, 2.05) is 33.0 Å². The van der Waals surface area contributed by atoms with Crippen molar-refractivity contribution in [2.45, 2.75) is 69.8 Å². The zero-order valence-corrected chi connectivity index (χ0v) is 18.1. The number of carbonyl (C=O) groups is 2. The predicted molar refractivity (Wildman–Crippen MR) is 103 cm³/mol. The van der Waals surface area contributed by atoms with Gasteiger partial charge in [0, 0.05) is 19.0 Å². The first kappa shape index (κ1) is 26.0. The number of amides is 1. The van der Waals surface area contributed by atoms with Crippen LogP contribution in [-0.4, -0.2) is 62.1 Å². The number of rotatable bonds is 6. The minimum Gasteiger partial charge on any atom is -0.467 e. The molecule has 7 nitrogen and oxygen atoms in total. The lowest BCUT2D eigenvalue weighted by atomic mass is 9.77. The monoisotopic (exact) mass is 444 g/mol. The molecule has 0 aliphatic carbocycles. The summed E-state index contributed by atoms with van der Waals surface area (Å²) < 4.78 is 54.8. The number of hydrogen-bond acceptors (Lipinski definition) is 6. The van der Waals surface area contributed by atoms with Crippen molar-refractivity contribution < 1.29 is 36.8 Å². The smallest absolute Gasteiger partial charge is 0.467 e. The molecule has 0 radical (unpaired) electrons. The largest absolute Gasteiger partial charge is 0.471 e. The van der Waals surface area contributed by atoms with E-state index in [0.29, 0.717) is 19.2 Å². The van der Waals surface area contributed by atoms with Crippen molar-refractivity contribution in [2.24, 2.45) is 5.92 Å². The Hall–Kier alpha value is -1.04. The highest BCUT2D eigenvalue weighted by molar-refractivity contribution is 6.45. The summed E-state index contributed by atoms with van der Waals surface area (Å²) in [6, 6.07) is 0. The van der Waals surface area contributed by atoms with Crippen molar-refractivity contribution in [2.75, 3.05) is 20.2 Å². The minimum absolute atomic E-state index is 0. The van der Waals surface area contributed by atoms with Crippen LogP contribution in [0.25, 0.3) is 0 Å². The van der Waals surface area contributed by atoms with Gasteiger partial charge in [0.1, 0.15) is 0 Å². The summed E-state index contributed by atoms with van der Waals surface area (Å²) in [5.74, 6) is -3.60. The lowest BCUT2D eigenvalue weighted by Crippen LogP contribution is -2.62. The van der Waals surface area contributed by atoms with Crippen LogP contribution in [0, 0.1) is 5.92 Å². The van der Waals surface area contributed by atoms with E-state index in [1.54, 1.807) is 0 Å². The highest BCUT2D eigenvalue weighted by atomic mass is 35.5. The van der Waals surface area contributed by atoms with E-state index >= 15 is 0 Å². The number of alkyl halides is 3. The number of carbonyl (C=O) groups excluding carboxylic acids is 2. The van der Waals surface area contributed by atoms with Crippen LogP contribution in [0.3, 0.4) is 0 Å². The second-order valence-electron chi connectivity index (χ2n) is 8.36. The van der Waals surface area contributed by atoms with Crippen molar-refractivity contribution in [3.63, 3.8) is 0 Å². The summed E-state index contributed by atoms with van der Waals surface area (Å²) in [6.45, 7) is 7.90. The number of methoxy groups -OCH3 is 1. The summed E-state index contributed by atoms with van der Waals surface area (Å²) in [6.07, 6.45) is -3.63. The standard InChI is InChI=1S/C17H28BF3N2O5.ClH/c1-14(2)15(3,4)28-18(27-14)8-6-7-11-9-22-10-16(11,13(25)26-5)23-12(24)17(19,20)21;/h11,22H,6-10H2,1-5H3,(H,23,24);1H/t11-,16-;/m0./s1. The molecule has 2 heterocycles. The average molecular weight is 445 g/mol. The van der Waals surface area contributed by atoms with Crippen LogP contribution < -0.4 is 10.6 Å². The van der Waals surface area contributed by atoms with Crippen LogP contribution in [0.4, 0.5) is 13.2 Å². The van der Waals surface area contributed by atoms with Crippen LogP contribution in [0.5, 0.6) is 0 Å². The van der Waals surface area contributed by atoms with Gasteiger partial charge in [-0.15, -0.1) is 12.4 Å². The molecule has 1 amide bonds. The van der Waals surface area contributed by atoms with Crippen molar-refractivity contribution in [3.05, 3.63) is 0 Å². The number of ether oxygens (including phenoxy) is 1. The Kier molecular flexibility index (Phi) is 8.06. The third-order valence-electron chi connectivity index (χ3n) is 5.93. The van der Waals surface area contributed by atoms with Gasteiger partial charge in [0.05, 0.1) is 18.3 Å². The SMILES string of the molecule is COC(=O)[C@]1(NC(=O)C(F)(F)F)CNC[C@@H]1CCCB1OC(C)(C)C(C)(C)O1.Cl. The van der Waals surface area contributed by atoms with Crippen LogP contribution in [-0.2, 0) is 23.6 Å². The molecule has 2 atom stereocenters. The van der Waals surface area contributed by atoms with Gasteiger partial charge >= 0.3 is 25.2 Å². The second-order valence-corrected chi connectivity index (χ2v) is 8.36. The zero-order chi connectivity index (χ0) is 21.4. The number of nitrogens with one attached hydrogen (secondary N) is 2. The lowest BCUT2D eigenvalue weighted by Gasteiger charge is -2.33. The highest BCUT2D eigenvalue weighted by Gasteiger charge is 2.55. The molecule has 2 rings (SSSR count). The van der Waals surface area contributed by atoms with E-state index in [9.17, 15) is 22.8 Å². The maximum Gasteiger partial charge on any atom is 0.471 e. The van der Waals surface area contributed by atoms with Crippen LogP contribution in [0.1, 0.15) is 40.5 Å². The molecule has 0 aromatic carbocycles. The summed E-state index contributed by atoms with van der Waals surface area (Å²) in [4.78, 5) is 23.8. The number of esters is 1. The first-order valence-electron chi connectivity index (χ1n) is 9.29. The van der Waals surface area contributed by atoms with Crippen LogP contribution in [0.15, 0.2) is 0 Å². The Labute approximate surface area is 175 Å². The third-order valence-corrected chi connectivity index (χ3v) is 5.93. The number of halogens is 4. The molecule has 2 saturated heterocycles. The van der Waals surface area contributed by atoms with E-state index in [0.717, 1.165) is 7.11 Å². The Morgan fingerprint density at radius 2 is 1.76 bits per heavy atom. The second kappa shape index (κ2) is 8.99. The molecule has 0 saturated carbocycles. The maximum absolute atomic E-state index is 12.8. The van der Waals surface area contributed by atoms with Crippen molar-refractivity contribution in [1.82, 2.24) is 10.6 Å². The topological polar surface area (TPSA) is 85.9 Å². The van der Waals surface area contributed by atoms with Gasteiger partial charge in [0.25, 0.3) is 0 Å². The van der Waals surface area contributed by atoms with Gasteiger partial charge in [-0.1, -0.05) is 6.42 Å². The summed E-state index contributed by atoms with van der Waals surface area (Å²) >= 11 is 0. The molecule has 12 heteroatoms. The number of hydrogen-bond donors (Lipinski definition) is 2. The summed E-state index contributed by atoms with van der Waals surface area (Å²) in [5, 5.41) is 4.77. The molecule has 0 spiro atoms. The van der Waals surface area contributed by atoms with Crippen LogP contribution >= 0.6 is 12.4 Å². The molecule has 0 unspecified atom stereocenters. The van der Waals surface area contributed by atoms with Gasteiger partial charge in [0.15, 0.2) is 5.54 Å². The van der Waals surface area contributed by atoms with E-state index < -0.39 is 47.8 Å². The Bertz CT molecular complexity index is 604. The molecule has 0 aromatic heterocycles. The van der Waals surface area contributed by atoms with Crippen molar-refractivity contribution >= 4 is 31.4 Å². The zero-order valence-electron chi connectivity index (χ0n) is 17.3. The Balaban J connectivity index is 0.00000420. The Morgan fingerprint density at radius 3 is 2.24 bits per heavy atom. The fourth-order valence-electron chi connectivity index (χ4n) is 3.62. The molecule has 168 valence electrons. The minimum atomic E-state index is -5.09. The summed E-state index contributed by atoms with van der Waals surface area (Å²) in [7, 11) is 0.653. The summed E-state index contributed by atoms with van der Waals surface area (Å²) in [5.41, 5.74) is -2.69. The first-order chi connectivity index (χ1) is 12.7. The van der Waals surface area contributed by atoms with Gasteiger partial charge in [-0.05, 0) is 40.4 Å². The van der Waals surface area contributed by atoms with Gasteiger partial charge in [-0.2, -0.15) is 13.2 Å². The van der Waals surface area contributed by atoms with E-state index in [2.05, 4.69) is 5.32 Å².